The minimum Gasteiger partial charge on any atom is -0.481 e. The van der Waals surface area contributed by atoms with Gasteiger partial charge in [0.05, 0.1) is 0 Å². The molecule has 6 heteroatoms. The molecule has 1 amide bonds. The fraction of sp³-hybridized carbons (Fsp3) is 0.571. The van der Waals surface area contributed by atoms with Gasteiger partial charge in [-0.05, 0) is 30.5 Å². The van der Waals surface area contributed by atoms with E-state index < -0.39 is 5.97 Å². The maximum absolute atomic E-state index is 11.9. The van der Waals surface area contributed by atoms with Crippen molar-refractivity contribution in [1.82, 2.24) is 5.32 Å². The van der Waals surface area contributed by atoms with E-state index in [1.807, 2.05) is 17.7 Å². The smallest absolute Gasteiger partial charge is 0.303 e. The molecule has 0 spiro atoms. The van der Waals surface area contributed by atoms with Gasteiger partial charge in [0, 0.05) is 17.9 Å². The van der Waals surface area contributed by atoms with Crippen LogP contribution in [0, 0.1) is 0 Å². The average molecular weight is 315 g/mol. The minimum atomic E-state index is -0.724. The molecule has 0 aliphatic heterocycles. The van der Waals surface area contributed by atoms with Crippen molar-refractivity contribution in [2.24, 2.45) is 0 Å². The van der Waals surface area contributed by atoms with Crippen LogP contribution in [0.1, 0.15) is 48.2 Å². The topological polar surface area (TPSA) is 66.4 Å². The van der Waals surface area contributed by atoms with Gasteiger partial charge in [-0.15, -0.1) is 23.1 Å². The fourth-order valence-electron chi connectivity index (χ4n) is 1.84. The van der Waals surface area contributed by atoms with Crippen molar-refractivity contribution in [2.75, 3.05) is 12.8 Å². The summed E-state index contributed by atoms with van der Waals surface area (Å²) in [5.74, 6) is -0.715. The SMILES string of the molecule is CSc1ccsc1C(=O)NCCCCCCCC(=O)O. The number of thioether (sulfide) groups is 1. The Balaban J connectivity index is 2.07. The van der Waals surface area contributed by atoms with E-state index in [4.69, 9.17) is 5.11 Å². The molecule has 0 aromatic carbocycles. The molecule has 0 atom stereocenters. The number of unbranched alkanes of at least 4 members (excludes halogenated alkanes) is 4. The first kappa shape index (κ1) is 17.0. The highest BCUT2D eigenvalue weighted by Crippen LogP contribution is 2.25. The first-order chi connectivity index (χ1) is 9.65. The third-order valence-corrected chi connectivity index (χ3v) is 4.73. The molecule has 0 bridgehead atoms. The number of carbonyl (C=O) groups excluding carboxylic acids is 1. The lowest BCUT2D eigenvalue weighted by Crippen LogP contribution is -2.23. The molecule has 1 aromatic rings. The van der Waals surface area contributed by atoms with Gasteiger partial charge in [0.2, 0.25) is 0 Å². The van der Waals surface area contributed by atoms with Crippen molar-refractivity contribution < 1.29 is 14.7 Å². The Morgan fingerprint density at radius 2 is 1.95 bits per heavy atom. The second-order valence-corrected chi connectivity index (χ2v) is 6.25. The summed E-state index contributed by atoms with van der Waals surface area (Å²) in [5, 5.41) is 13.4. The molecule has 0 aliphatic carbocycles. The van der Waals surface area contributed by atoms with Crippen molar-refractivity contribution in [3.05, 3.63) is 16.3 Å². The van der Waals surface area contributed by atoms with Crippen LogP contribution in [0.5, 0.6) is 0 Å². The quantitative estimate of drug-likeness (QED) is 0.511. The maximum Gasteiger partial charge on any atom is 0.303 e. The van der Waals surface area contributed by atoms with Crippen LogP contribution in [0.25, 0.3) is 0 Å². The molecule has 0 unspecified atom stereocenters. The molecule has 0 radical (unpaired) electrons. The first-order valence-corrected chi connectivity index (χ1v) is 8.87. The van der Waals surface area contributed by atoms with E-state index in [1.165, 1.54) is 11.3 Å². The van der Waals surface area contributed by atoms with E-state index in [1.54, 1.807) is 11.8 Å². The molecule has 20 heavy (non-hydrogen) atoms. The van der Waals surface area contributed by atoms with E-state index in [-0.39, 0.29) is 12.3 Å². The number of carbonyl (C=O) groups is 2. The number of aliphatic carboxylic acids is 1. The van der Waals surface area contributed by atoms with Crippen molar-refractivity contribution in [3.63, 3.8) is 0 Å². The minimum absolute atomic E-state index is 0.00947. The lowest BCUT2D eigenvalue weighted by molar-refractivity contribution is -0.137. The van der Waals surface area contributed by atoms with E-state index in [2.05, 4.69) is 5.32 Å². The lowest BCUT2D eigenvalue weighted by Gasteiger charge is -2.05. The normalized spacial score (nSPS) is 10.4. The molecule has 1 heterocycles. The van der Waals surface area contributed by atoms with Crippen molar-refractivity contribution in [1.29, 1.82) is 0 Å². The number of thiophene rings is 1. The summed E-state index contributed by atoms with van der Waals surface area (Å²) in [4.78, 5) is 24.1. The predicted octanol–water partition coefficient (Wildman–Crippen LogP) is 3.63. The summed E-state index contributed by atoms with van der Waals surface area (Å²) in [6.07, 6.45) is 6.91. The Morgan fingerprint density at radius 3 is 2.65 bits per heavy atom. The maximum atomic E-state index is 11.9. The monoisotopic (exact) mass is 315 g/mol. The summed E-state index contributed by atoms with van der Waals surface area (Å²) < 4.78 is 0. The number of carboxylic acid groups (broad SMARTS) is 1. The van der Waals surface area contributed by atoms with Gasteiger partial charge in [0.25, 0.3) is 5.91 Å². The first-order valence-electron chi connectivity index (χ1n) is 6.76. The largest absolute Gasteiger partial charge is 0.481 e. The molecule has 1 rings (SSSR count). The second kappa shape index (κ2) is 9.83. The molecule has 112 valence electrons. The molecule has 0 saturated heterocycles. The Hall–Kier alpha value is -1.01. The summed E-state index contributed by atoms with van der Waals surface area (Å²) in [7, 11) is 0. The van der Waals surface area contributed by atoms with Crippen LogP contribution in [0.3, 0.4) is 0 Å². The Kier molecular flexibility index (Phi) is 8.37. The molecular weight excluding hydrogens is 294 g/mol. The number of rotatable bonds is 10. The van der Waals surface area contributed by atoms with Crippen molar-refractivity contribution >= 4 is 35.0 Å². The zero-order valence-corrected chi connectivity index (χ0v) is 13.3. The van der Waals surface area contributed by atoms with Gasteiger partial charge >= 0.3 is 5.97 Å². The van der Waals surface area contributed by atoms with E-state index in [0.29, 0.717) is 6.54 Å². The van der Waals surface area contributed by atoms with Gasteiger partial charge in [-0.1, -0.05) is 19.3 Å². The fourth-order valence-corrected chi connectivity index (χ4v) is 3.50. The molecule has 2 N–H and O–H groups in total. The van der Waals surface area contributed by atoms with Crippen LogP contribution in [-0.4, -0.2) is 29.8 Å². The van der Waals surface area contributed by atoms with Gasteiger partial charge in [-0.25, -0.2) is 0 Å². The summed E-state index contributed by atoms with van der Waals surface area (Å²) in [6.45, 7) is 0.684. The van der Waals surface area contributed by atoms with Crippen LogP contribution in [-0.2, 0) is 4.79 Å². The number of amides is 1. The summed E-state index contributed by atoms with van der Waals surface area (Å²) in [5.41, 5.74) is 0. The van der Waals surface area contributed by atoms with Gasteiger partial charge in [-0.3, -0.25) is 9.59 Å². The molecule has 0 fully saturated rings. The highest BCUT2D eigenvalue weighted by molar-refractivity contribution is 7.98. The summed E-state index contributed by atoms with van der Waals surface area (Å²) in [6, 6.07) is 1.96. The van der Waals surface area contributed by atoms with Crippen LogP contribution in [0.4, 0.5) is 0 Å². The number of hydrogen-bond donors (Lipinski definition) is 2. The van der Waals surface area contributed by atoms with Crippen LogP contribution >= 0.6 is 23.1 Å². The highest BCUT2D eigenvalue weighted by Gasteiger charge is 2.11. The van der Waals surface area contributed by atoms with E-state index in [9.17, 15) is 9.59 Å². The third-order valence-electron chi connectivity index (χ3n) is 2.91. The summed E-state index contributed by atoms with van der Waals surface area (Å²) >= 11 is 3.06. The van der Waals surface area contributed by atoms with Crippen molar-refractivity contribution in [2.45, 2.75) is 43.4 Å². The van der Waals surface area contributed by atoms with Gasteiger partial charge in [0.15, 0.2) is 0 Å². The molecule has 0 aliphatic rings. The zero-order valence-electron chi connectivity index (χ0n) is 11.7. The van der Waals surface area contributed by atoms with E-state index in [0.717, 1.165) is 41.9 Å². The lowest BCUT2D eigenvalue weighted by atomic mass is 10.1. The molecular formula is C14H21NO3S2. The van der Waals surface area contributed by atoms with Crippen LogP contribution < -0.4 is 5.32 Å². The second-order valence-electron chi connectivity index (χ2n) is 4.49. The van der Waals surface area contributed by atoms with Gasteiger partial charge in [0.1, 0.15) is 4.88 Å². The van der Waals surface area contributed by atoms with Crippen LogP contribution in [0.2, 0.25) is 0 Å². The Bertz CT molecular complexity index is 432. The van der Waals surface area contributed by atoms with E-state index >= 15 is 0 Å². The van der Waals surface area contributed by atoms with Gasteiger partial charge < -0.3 is 10.4 Å². The average Bonchev–Trinajstić information content (AvgIpc) is 2.89. The third kappa shape index (κ3) is 6.43. The molecule has 0 saturated carbocycles. The Labute approximate surface area is 128 Å². The standard InChI is InChI=1S/C14H21NO3S2/c1-19-11-8-10-20-13(11)14(18)15-9-6-4-2-3-5-7-12(16)17/h8,10H,2-7,9H2,1H3,(H,15,18)(H,16,17). The number of nitrogens with one attached hydrogen (secondary N) is 1. The van der Waals surface area contributed by atoms with Gasteiger partial charge in [-0.2, -0.15) is 0 Å². The Morgan fingerprint density at radius 1 is 1.25 bits per heavy atom. The molecule has 1 aromatic heterocycles. The highest BCUT2D eigenvalue weighted by atomic mass is 32.2. The molecule has 4 nitrogen and oxygen atoms in total. The van der Waals surface area contributed by atoms with Crippen LogP contribution in [0.15, 0.2) is 16.3 Å². The predicted molar refractivity (Wildman–Crippen MR) is 83.8 cm³/mol. The number of carboxylic acids is 1. The number of hydrogen-bond acceptors (Lipinski definition) is 4. The zero-order chi connectivity index (χ0) is 14.8. The van der Waals surface area contributed by atoms with Crippen molar-refractivity contribution in [3.8, 4) is 0 Å².